The average molecular weight is 202 g/mol. The number of carboxylic acid groups (broad SMARTS) is 2. The third-order valence-corrected chi connectivity index (χ3v) is 2.36. The average Bonchev–Trinajstić information content (AvgIpc) is 2.03. The second kappa shape index (κ2) is 6.40. The number of unbranched alkanes of at least 4 members (excludes halogenated alkanes) is 2. The Hall–Kier alpha value is -1.06. The number of carboxylic acids is 2. The smallest absolute Gasteiger partial charge is 0.318 e. The zero-order valence-electron chi connectivity index (χ0n) is 8.69. The van der Waals surface area contributed by atoms with Crippen molar-refractivity contribution in [1.82, 2.24) is 0 Å². The van der Waals surface area contributed by atoms with Crippen molar-refractivity contribution >= 4 is 11.9 Å². The Morgan fingerprint density at radius 2 is 1.64 bits per heavy atom. The number of hydrogen-bond donors (Lipinski definition) is 2. The topological polar surface area (TPSA) is 74.6 Å². The van der Waals surface area contributed by atoms with Crippen molar-refractivity contribution in [2.45, 2.75) is 39.5 Å². The van der Waals surface area contributed by atoms with Crippen LogP contribution in [0.15, 0.2) is 0 Å². The summed E-state index contributed by atoms with van der Waals surface area (Å²) in [4.78, 5) is 21.3. The van der Waals surface area contributed by atoms with Crippen molar-refractivity contribution in [2.75, 3.05) is 0 Å². The molecule has 0 aliphatic carbocycles. The molecule has 0 amide bonds. The van der Waals surface area contributed by atoms with Gasteiger partial charge in [-0.05, 0) is 12.3 Å². The van der Waals surface area contributed by atoms with Crippen molar-refractivity contribution in [3.63, 3.8) is 0 Å². The second-order valence-corrected chi connectivity index (χ2v) is 3.63. The monoisotopic (exact) mass is 202 g/mol. The fourth-order valence-electron chi connectivity index (χ4n) is 1.48. The predicted octanol–water partition coefficient (Wildman–Crippen LogP) is 1.99. The SMILES string of the molecule is CCCCC[C@H](C)C(C(=O)O)C(=O)O. The van der Waals surface area contributed by atoms with Gasteiger partial charge >= 0.3 is 11.9 Å². The number of aliphatic carboxylic acids is 2. The lowest BCUT2D eigenvalue weighted by molar-refractivity contribution is -0.157. The first-order chi connectivity index (χ1) is 6.50. The van der Waals surface area contributed by atoms with Crippen LogP contribution in [0.25, 0.3) is 0 Å². The van der Waals surface area contributed by atoms with Gasteiger partial charge in [-0.2, -0.15) is 0 Å². The predicted molar refractivity (Wildman–Crippen MR) is 52.1 cm³/mol. The summed E-state index contributed by atoms with van der Waals surface area (Å²) >= 11 is 0. The number of carbonyl (C=O) groups is 2. The van der Waals surface area contributed by atoms with Crippen LogP contribution in [-0.2, 0) is 9.59 Å². The van der Waals surface area contributed by atoms with Gasteiger partial charge in [0.1, 0.15) is 0 Å². The highest BCUT2D eigenvalue weighted by atomic mass is 16.4. The van der Waals surface area contributed by atoms with Gasteiger partial charge in [0.05, 0.1) is 0 Å². The molecule has 0 aromatic heterocycles. The van der Waals surface area contributed by atoms with Crippen molar-refractivity contribution in [1.29, 1.82) is 0 Å². The van der Waals surface area contributed by atoms with Crippen LogP contribution in [0.3, 0.4) is 0 Å². The van der Waals surface area contributed by atoms with E-state index in [1.54, 1.807) is 6.92 Å². The summed E-state index contributed by atoms with van der Waals surface area (Å²) in [5.41, 5.74) is 0. The van der Waals surface area contributed by atoms with E-state index in [0.717, 1.165) is 19.3 Å². The summed E-state index contributed by atoms with van der Waals surface area (Å²) in [6.07, 6.45) is 3.64. The normalized spacial score (nSPS) is 12.8. The lowest BCUT2D eigenvalue weighted by Gasteiger charge is -2.15. The maximum absolute atomic E-state index is 10.6. The molecule has 0 saturated heterocycles. The third-order valence-electron chi connectivity index (χ3n) is 2.36. The summed E-state index contributed by atoms with van der Waals surface area (Å²) in [5.74, 6) is -4.02. The van der Waals surface area contributed by atoms with E-state index in [2.05, 4.69) is 6.92 Å². The fraction of sp³-hybridized carbons (Fsp3) is 0.800. The van der Waals surface area contributed by atoms with Crippen molar-refractivity contribution in [3.05, 3.63) is 0 Å². The van der Waals surface area contributed by atoms with E-state index in [0.29, 0.717) is 6.42 Å². The van der Waals surface area contributed by atoms with Crippen LogP contribution in [0.5, 0.6) is 0 Å². The molecule has 0 radical (unpaired) electrons. The number of hydrogen-bond acceptors (Lipinski definition) is 2. The quantitative estimate of drug-likeness (QED) is 0.489. The highest BCUT2D eigenvalue weighted by molar-refractivity contribution is 5.93. The molecule has 2 N–H and O–H groups in total. The van der Waals surface area contributed by atoms with Gasteiger partial charge in [-0.15, -0.1) is 0 Å². The van der Waals surface area contributed by atoms with Crippen molar-refractivity contribution in [3.8, 4) is 0 Å². The largest absolute Gasteiger partial charge is 0.481 e. The molecular formula is C10H18O4. The lowest BCUT2D eigenvalue weighted by atomic mass is 9.89. The minimum Gasteiger partial charge on any atom is -0.481 e. The molecule has 0 fully saturated rings. The van der Waals surface area contributed by atoms with Gasteiger partial charge in [-0.3, -0.25) is 9.59 Å². The summed E-state index contributed by atoms with van der Waals surface area (Å²) < 4.78 is 0. The van der Waals surface area contributed by atoms with Crippen LogP contribution < -0.4 is 0 Å². The molecule has 0 rings (SSSR count). The van der Waals surface area contributed by atoms with Crippen LogP contribution in [-0.4, -0.2) is 22.2 Å². The molecular weight excluding hydrogens is 184 g/mol. The van der Waals surface area contributed by atoms with Gasteiger partial charge in [0.25, 0.3) is 0 Å². The molecule has 0 aliphatic rings. The van der Waals surface area contributed by atoms with Crippen molar-refractivity contribution < 1.29 is 19.8 Å². The first-order valence-corrected chi connectivity index (χ1v) is 4.96. The summed E-state index contributed by atoms with van der Waals surface area (Å²) in [6.45, 7) is 3.74. The Balaban J connectivity index is 4.09. The fourth-order valence-corrected chi connectivity index (χ4v) is 1.48. The van der Waals surface area contributed by atoms with Crippen LogP contribution in [0.2, 0.25) is 0 Å². The molecule has 0 saturated carbocycles. The second-order valence-electron chi connectivity index (χ2n) is 3.63. The molecule has 1 atom stereocenters. The molecule has 0 heterocycles. The summed E-state index contributed by atoms with van der Waals surface area (Å²) in [7, 11) is 0. The van der Waals surface area contributed by atoms with Gasteiger partial charge in [0.2, 0.25) is 0 Å². The Morgan fingerprint density at radius 3 is 2.00 bits per heavy atom. The summed E-state index contributed by atoms with van der Waals surface area (Å²) in [6, 6.07) is 0. The maximum atomic E-state index is 10.6. The Bertz CT molecular complexity index is 186. The van der Waals surface area contributed by atoms with Crippen LogP contribution in [0.1, 0.15) is 39.5 Å². The van der Waals surface area contributed by atoms with Crippen LogP contribution in [0, 0.1) is 11.8 Å². The zero-order chi connectivity index (χ0) is 11.1. The van der Waals surface area contributed by atoms with Crippen LogP contribution >= 0.6 is 0 Å². The summed E-state index contributed by atoms with van der Waals surface area (Å²) in [5, 5.41) is 17.4. The van der Waals surface area contributed by atoms with E-state index >= 15 is 0 Å². The molecule has 4 nitrogen and oxygen atoms in total. The van der Waals surface area contributed by atoms with E-state index in [9.17, 15) is 9.59 Å². The van der Waals surface area contributed by atoms with Gasteiger partial charge in [-0.1, -0.05) is 33.1 Å². The van der Waals surface area contributed by atoms with E-state index in [1.165, 1.54) is 0 Å². The highest BCUT2D eigenvalue weighted by Crippen LogP contribution is 2.19. The molecule has 0 spiro atoms. The van der Waals surface area contributed by atoms with Crippen LogP contribution in [0.4, 0.5) is 0 Å². The first-order valence-electron chi connectivity index (χ1n) is 4.96. The number of rotatable bonds is 7. The molecule has 14 heavy (non-hydrogen) atoms. The van der Waals surface area contributed by atoms with Gasteiger partial charge in [0.15, 0.2) is 5.92 Å². The Labute approximate surface area is 83.9 Å². The molecule has 0 bridgehead atoms. The first kappa shape index (κ1) is 12.9. The molecule has 4 heteroatoms. The van der Waals surface area contributed by atoms with Gasteiger partial charge in [-0.25, -0.2) is 0 Å². The molecule has 0 aromatic rings. The zero-order valence-corrected chi connectivity index (χ0v) is 8.69. The third kappa shape index (κ3) is 4.25. The van der Waals surface area contributed by atoms with E-state index in [-0.39, 0.29) is 5.92 Å². The van der Waals surface area contributed by atoms with E-state index in [4.69, 9.17) is 10.2 Å². The Morgan fingerprint density at radius 1 is 1.14 bits per heavy atom. The standard InChI is InChI=1S/C10H18O4/c1-3-4-5-6-7(2)8(9(11)12)10(13)14/h7-8H,3-6H2,1-2H3,(H,11,12)(H,13,14)/t7-/m0/s1. The maximum Gasteiger partial charge on any atom is 0.318 e. The molecule has 0 unspecified atom stereocenters. The van der Waals surface area contributed by atoms with Gasteiger partial charge in [0, 0.05) is 0 Å². The Kier molecular flexibility index (Phi) is 5.92. The lowest BCUT2D eigenvalue weighted by Crippen LogP contribution is -2.29. The molecule has 82 valence electrons. The molecule has 0 aromatic carbocycles. The van der Waals surface area contributed by atoms with E-state index in [1.807, 2.05) is 0 Å². The minimum absolute atomic E-state index is 0.295. The minimum atomic E-state index is -1.26. The van der Waals surface area contributed by atoms with Gasteiger partial charge < -0.3 is 10.2 Å². The molecule has 0 aliphatic heterocycles. The van der Waals surface area contributed by atoms with E-state index < -0.39 is 17.9 Å². The van der Waals surface area contributed by atoms with Crippen molar-refractivity contribution in [2.24, 2.45) is 11.8 Å². The highest BCUT2D eigenvalue weighted by Gasteiger charge is 2.31.